The molecule has 24 heavy (non-hydrogen) atoms. The lowest BCUT2D eigenvalue weighted by Gasteiger charge is -2.32. The maximum atomic E-state index is 5.20. The topological polar surface area (TPSA) is 45.1 Å². The van der Waals surface area contributed by atoms with Crippen LogP contribution in [0, 0.1) is 6.92 Å². The number of hydrogen-bond acceptors (Lipinski definition) is 3. The fourth-order valence-corrected chi connectivity index (χ4v) is 3.77. The highest BCUT2D eigenvalue weighted by atomic mass is 16.3. The number of H-pyrrole nitrogens is 1. The van der Waals surface area contributed by atoms with Crippen LogP contribution in [0.15, 0.2) is 53.5 Å². The fourth-order valence-electron chi connectivity index (χ4n) is 3.77. The zero-order valence-electron chi connectivity index (χ0n) is 14.0. The molecule has 3 aromatic rings. The minimum absolute atomic E-state index is 0.503. The third kappa shape index (κ3) is 3.02. The predicted octanol–water partition coefficient (Wildman–Crippen LogP) is 4.36. The van der Waals surface area contributed by atoms with Crippen molar-refractivity contribution in [1.29, 1.82) is 0 Å². The number of aromatic amines is 1. The van der Waals surface area contributed by atoms with Crippen molar-refractivity contribution in [3.63, 3.8) is 0 Å². The summed E-state index contributed by atoms with van der Waals surface area (Å²) in [6, 6.07) is 10.6. The lowest BCUT2D eigenvalue weighted by molar-refractivity contribution is 0.198. The molecular formula is C20H23N3O. The number of likely N-dealkylation sites (tertiary alicyclic amines) is 1. The van der Waals surface area contributed by atoms with Crippen molar-refractivity contribution in [2.24, 2.45) is 0 Å². The van der Waals surface area contributed by atoms with Gasteiger partial charge in [0.1, 0.15) is 0 Å². The molecule has 4 rings (SSSR count). The average molecular weight is 321 g/mol. The molecule has 1 atom stereocenters. The van der Waals surface area contributed by atoms with Gasteiger partial charge in [-0.1, -0.05) is 24.3 Å². The van der Waals surface area contributed by atoms with Gasteiger partial charge in [-0.25, -0.2) is 0 Å². The molecule has 1 saturated heterocycles. The summed E-state index contributed by atoms with van der Waals surface area (Å²) in [6.07, 6.45) is 8.00. The maximum absolute atomic E-state index is 5.20. The van der Waals surface area contributed by atoms with Crippen molar-refractivity contribution in [2.45, 2.75) is 32.2 Å². The number of nitrogens with one attached hydrogen (secondary N) is 1. The van der Waals surface area contributed by atoms with E-state index >= 15 is 0 Å². The molecule has 0 aliphatic carbocycles. The van der Waals surface area contributed by atoms with Gasteiger partial charge >= 0.3 is 0 Å². The first-order valence-electron chi connectivity index (χ1n) is 8.64. The van der Waals surface area contributed by atoms with Crippen LogP contribution in [0.25, 0.3) is 11.1 Å². The summed E-state index contributed by atoms with van der Waals surface area (Å²) in [5.74, 6) is 0.503. The zero-order valence-corrected chi connectivity index (χ0v) is 14.0. The second kappa shape index (κ2) is 6.65. The van der Waals surface area contributed by atoms with Gasteiger partial charge in [0.2, 0.25) is 0 Å². The van der Waals surface area contributed by atoms with E-state index in [0.717, 1.165) is 19.6 Å². The van der Waals surface area contributed by atoms with E-state index in [0.29, 0.717) is 5.92 Å². The second-order valence-corrected chi connectivity index (χ2v) is 6.72. The van der Waals surface area contributed by atoms with E-state index in [1.807, 2.05) is 12.5 Å². The van der Waals surface area contributed by atoms with Crippen LogP contribution in [-0.4, -0.2) is 28.2 Å². The molecule has 0 bridgehead atoms. The summed E-state index contributed by atoms with van der Waals surface area (Å²) < 4.78 is 5.20. The smallest absolute Gasteiger partial charge is 0.0947 e. The molecule has 2 aromatic heterocycles. The van der Waals surface area contributed by atoms with Gasteiger partial charge in [0.25, 0.3) is 0 Å². The number of nitrogens with zero attached hydrogens (tertiary/aromatic N) is 2. The number of piperidine rings is 1. The molecule has 3 heterocycles. The van der Waals surface area contributed by atoms with Crippen LogP contribution in [0.1, 0.15) is 35.6 Å². The van der Waals surface area contributed by atoms with Crippen LogP contribution in [-0.2, 0) is 6.54 Å². The number of benzene rings is 1. The Morgan fingerprint density at radius 2 is 2.17 bits per heavy atom. The van der Waals surface area contributed by atoms with Crippen molar-refractivity contribution < 1.29 is 4.42 Å². The monoisotopic (exact) mass is 321 g/mol. The van der Waals surface area contributed by atoms with Gasteiger partial charge in [-0.2, -0.15) is 5.10 Å². The molecule has 0 saturated carbocycles. The van der Waals surface area contributed by atoms with Crippen molar-refractivity contribution in [1.82, 2.24) is 15.1 Å². The number of aryl methyl sites for hydroxylation is 1. The number of furan rings is 1. The summed E-state index contributed by atoms with van der Waals surface area (Å²) in [5, 5.41) is 7.64. The van der Waals surface area contributed by atoms with Gasteiger partial charge in [-0.15, -0.1) is 0 Å². The average Bonchev–Trinajstić information content (AvgIpc) is 3.27. The van der Waals surface area contributed by atoms with Crippen LogP contribution < -0.4 is 0 Å². The summed E-state index contributed by atoms with van der Waals surface area (Å²) in [6.45, 7) is 5.33. The first-order chi connectivity index (χ1) is 11.8. The zero-order chi connectivity index (χ0) is 16.4. The lowest BCUT2D eigenvalue weighted by Crippen LogP contribution is -2.34. The molecule has 0 radical (unpaired) electrons. The van der Waals surface area contributed by atoms with E-state index in [2.05, 4.69) is 52.4 Å². The minimum atomic E-state index is 0.503. The van der Waals surface area contributed by atoms with Crippen LogP contribution >= 0.6 is 0 Å². The van der Waals surface area contributed by atoms with E-state index in [-0.39, 0.29) is 0 Å². The number of rotatable bonds is 4. The van der Waals surface area contributed by atoms with Gasteiger partial charge < -0.3 is 4.42 Å². The molecular weight excluding hydrogens is 298 g/mol. The maximum Gasteiger partial charge on any atom is 0.0947 e. The van der Waals surface area contributed by atoms with Crippen LogP contribution in [0.2, 0.25) is 0 Å². The summed E-state index contributed by atoms with van der Waals surface area (Å²) in [7, 11) is 0. The SMILES string of the molecule is Cc1ccccc1-c1cn[nH]c1[C@@H]1CCCN(Cc2ccoc2)C1. The minimum Gasteiger partial charge on any atom is -0.472 e. The number of hydrogen-bond donors (Lipinski definition) is 1. The Morgan fingerprint density at radius 1 is 1.25 bits per heavy atom. The molecule has 124 valence electrons. The molecule has 1 fully saturated rings. The largest absolute Gasteiger partial charge is 0.472 e. The van der Waals surface area contributed by atoms with Crippen LogP contribution in [0.4, 0.5) is 0 Å². The first kappa shape index (κ1) is 15.2. The molecule has 1 N–H and O–H groups in total. The highest BCUT2D eigenvalue weighted by Crippen LogP contribution is 2.34. The van der Waals surface area contributed by atoms with E-state index in [9.17, 15) is 0 Å². The van der Waals surface area contributed by atoms with Gasteiger partial charge in [-0.05, 0) is 43.5 Å². The molecule has 4 nitrogen and oxygen atoms in total. The Labute approximate surface area is 142 Å². The second-order valence-electron chi connectivity index (χ2n) is 6.72. The van der Waals surface area contributed by atoms with Gasteiger partial charge in [0.05, 0.1) is 18.7 Å². The lowest BCUT2D eigenvalue weighted by atomic mass is 9.89. The Bertz CT molecular complexity index is 791. The van der Waals surface area contributed by atoms with Crippen LogP contribution in [0.3, 0.4) is 0 Å². The van der Waals surface area contributed by atoms with Gasteiger partial charge in [-0.3, -0.25) is 10.00 Å². The Hall–Kier alpha value is -2.33. The molecule has 1 aliphatic heterocycles. The Morgan fingerprint density at radius 3 is 3.00 bits per heavy atom. The summed E-state index contributed by atoms with van der Waals surface area (Å²) in [5.41, 5.74) is 6.36. The van der Waals surface area contributed by atoms with Crippen molar-refractivity contribution in [3.8, 4) is 11.1 Å². The third-order valence-electron chi connectivity index (χ3n) is 5.00. The highest BCUT2D eigenvalue weighted by molar-refractivity contribution is 5.69. The van der Waals surface area contributed by atoms with E-state index in [1.165, 1.54) is 40.8 Å². The normalized spacial score (nSPS) is 18.8. The molecule has 0 amide bonds. The molecule has 1 aromatic carbocycles. The van der Waals surface area contributed by atoms with Crippen molar-refractivity contribution in [3.05, 3.63) is 65.9 Å². The van der Waals surface area contributed by atoms with Crippen LogP contribution in [0.5, 0.6) is 0 Å². The van der Waals surface area contributed by atoms with Crippen molar-refractivity contribution in [2.75, 3.05) is 13.1 Å². The van der Waals surface area contributed by atoms with Crippen molar-refractivity contribution >= 4 is 0 Å². The summed E-state index contributed by atoms with van der Waals surface area (Å²) in [4.78, 5) is 2.52. The quantitative estimate of drug-likeness (QED) is 0.776. The van der Waals surface area contributed by atoms with Gasteiger partial charge in [0.15, 0.2) is 0 Å². The predicted molar refractivity (Wildman–Crippen MR) is 94.7 cm³/mol. The standard InChI is InChI=1S/C20H23N3O/c1-15-5-2-3-7-18(15)19-11-21-22-20(19)17-6-4-9-23(13-17)12-16-8-10-24-14-16/h2-3,5,7-8,10-11,14,17H,4,6,9,12-13H2,1H3,(H,21,22)/t17-/m1/s1. The fraction of sp³-hybridized carbons (Fsp3) is 0.350. The Kier molecular flexibility index (Phi) is 4.22. The Balaban J connectivity index is 1.56. The first-order valence-corrected chi connectivity index (χ1v) is 8.64. The molecule has 0 unspecified atom stereocenters. The highest BCUT2D eigenvalue weighted by Gasteiger charge is 2.25. The molecule has 4 heteroatoms. The third-order valence-corrected chi connectivity index (χ3v) is 5.00. The summed E-state index contributed by atoms with van der Waals surface area (Å²) >= 11 is 0. The van der Waals surface area contributed by atoms with E-state index < -0.39 is 0 Å². The van der Waals surface area contributed by atoms with Gasteiger partial charge in [0, 0.05) is 35.8 Å². The van der Waals surface area contributed by atoms with E-state index in [1.54, 1.807) is 6.26 Å². The molecule has 1 aliphatic rings. The number of aromatic nitrogens is 2. The molecule has 0 spiro atoms. The van der Waals surface area contributed by atoms with E-state index in [4.69, 9.17) is 4.42 Å².